The van der Waals surface area contributed by atoms with E-state index in [9.17, 15) is 26.4 Å². The van der Waals surface area contributed by atoms with Crippen LogP contribution in [0.25, 0.3) is 5.69 Å². The number of carbonyl (C=O) groups is 1. The maximum Gasteiger partial charge on any atom is 0.296 e. The van der Waals surface area contributed by atoms with Crippen LogP contribution in [0.2, 0.25) is 5.02 Å². The van der Waals surface area contributed by atoms with Crippen LogP contribution in [-0.4, -0.2) is 49.1 Å². The first kappa shape index (κ1) is 33.4. The number of amides is 1. The third-order valence-electron chi connectivity index (χ3n) is 7.30. The minimum atomic E-state index is -4.42. The second kappa shape index (κ2) is 12.7. The Morgan fingerprint density at radius 2 is 1.55 bits per heavy atom. The van der Waals surface area contributed by atoms with Crippen LogP contribution in [0.4, 0.5) is 17.2 Å². The fourth-order valence-corrected chi connectivity index (χ4v) is 7.65. The Kier molecular flexibility index (Phi) is 8.99. The summed E-state index contributed by atoms with van der Waals surface area (Å²) in [4.78, 5) is 34.4. The van der Waals surface area contributed by atoms with Crippen molar-refractivity contribution >= 4 is 54.7 Å². The van der Waals surface area contributed by atoms with E-state index >= 15 is 0 Å². The van der Waals surface area contributed by atoms with E-state index in [4.69, 9.17) is 11.6 Å². The van der Waals surface area contributed by atoms with Crippen molar-refractivity contribution in [2.24, 2.45) is 7.05 Å². The number of halogens is 1. The average Bonchev–Trinajstić information content (AvgIpc) is 3.23. The van der Waals surface area contributed by atoms with Crippen LogP contribution in [0.3, 0.4) is 0 Å². The SMILES string of the molecule is Cc1cc(NS(=O)(=O)c2ccc(NC(=O)c3ccc(Cl)c(S(=O)(=O)N(C)c4c(C)n(C)n(-c5ccccc5)c4=O)c3)cc2)nc(C)n1. The van der Waals surface area contributed by atoms with Gasteiger partial charge in [-0.2, -0.15) is 0 Å². The lowest BCUT2D eigenvalue weighted by atomic mass is 10.2. The number of hydrogen-bond acceptors (Lipinski definition) is 8. The molecule has 2 heterocycles. The van der Waals surface area contributed by atoms with Crippen LogP contribution in [0.1, 0.15) is 27.6 Å². The standard InChI is InChI=1S/C31H30ClN7O6S2/c1-19-17-28(34-21(3)33-19)36-46(42,43)25-14-12-23(13-15-25)35-30(40)22-11-16-26(32)27(18-22)47(44,45)38(5)29-20(2)37(4)39(31(29)41)24-9-7-6-8-10-24/h6-18H,1-5H3,(H,35,40)(H,33,34,36). The number of nitrogens with zero attached hydrogens (tertiary/aromatic N) is 5. The molecule has 16 heteroatoms. The van der Waals surface area contributed by atoms with Gasteiger partial charge >= 0.3 is 0 Å². The third-order valence-corrected chi connectivity index (χ3v) is 10.9. The molecular weight excluding hydrogens is 666 g/mol. The normalized spacial score (nSPS) is 11.7. The van der Waals surface area contributed by atoms with Crippen molar-refractivity contribution in [1.82, 2.24) is 19.3 Å². The van der Waals surface area contributed by atoms with E-state index in [1.807, 2.05) is 0 Å². The van der Waals surface area contributed by atoms with E-state index in [0.29, 0.717) is 22.9 Å². The molecule has 5 rings (SSSR count). The zero-order chi connectivity index (χ0) is 34.3. The van der Waals surface area contributed by atoms with Crippen molar-refractivity contribution in [2.75, 3.05) is 21.4 Å². The quantitative estimate of drug-likeness (QED) is 0.229. The van der Waals surface area contributed by atoms with E-state index in [-0.39, 0.29) is 37.6 Å². The Labute approximate surface area is 276 Å². The largest absolute Gasteiger partial charge is 0.322 e. The predicted molar refractivity (Wildman–Crippen MR) is 179 cm³/mol. The van der Waals surface area contributed by atoms with Gasteiger partial charge in [0.2, 0.25) is 0 Å². The van der Waals surface area contributed by atoms with Gasteiger partial charge in [0.05, 0.1) is 21.3 Å². The van der Waals surface area contributed by atoms with Crippen LogP contribution in [0, 0.1) is 20.8 Å². The van der Waals surface area contributed by atoms with E-state index in [0.717, 1.165) is 10.4 Å². The van der Waals surface area contributed by atoms with Gasteiger partial charge in [0.15, 0.2) is 0 Å². The van der Waals surface area contributed by atoms with E-state index in [1.165, 1.54) is 54.2 Å². The van der Waals surface area contributed by atoms with Gasteiger partial charge in [0.1, 0.15) is 22.2 Å². The molecule has 0 unspecified atom stereocenters. The third kappa shape index (κ3) is 6.63. The van der Waals surface area contributed by atoms with Crippen LogP contribution in [0.15, 0.2) is 93.4 Å². The molecule has 0 aliphatic carbocycles. The summed E-state index contributed by atoms with van der Waals surface area (Å²) < 4.78 is 59.6. The lowest BCUT2D eigenvalue weighted by Crippen LogP contribution is -2.32. The molecule has 2 aromatic heterocycles. The monoisotopic (exact) mass is 695 g/mol. The number of rotatable bonds is 9. The summed E-state index contributed by atoms with van der Waals surface area (Å²) in [7, 11) is -5.53. The molecule has 47 heavy (non-hydrogen) atoms. The molecule has 0 saturated carbocycles. The number of hydrogen-bond donors (Lipinski definition) is 2. The van der Waals surface area contributed by atoms with Crippen LogP contribution >= 0.6 is 11.6 Å². The van der Waals surface area contributed by atoms with Gasteiger partial charge in [-0.3, -0.25) is 23.3 Å². The molecule has 2 N–H and O–H groups in total. The van der Waals surface area contributed by atoms with Gasteiger partial charge in [-0.1, -0.05) is 29.8 Å². The minimum absolute atomic E-state index is 0.0410. The highest BCUT2D eigenvalue weighted by Crippen LogP contribution is 2.30. The molecule has 0 spiro atoms. The number of benzene rings is 3. The van der Waals surface area contributed by atoms with Gasteiger partial charge in [-0.15, -0.1) is 0 Å². The molecule has 0 atom stereocenters. The van der Waals surface area contributed by atoms with Crippen molar-refractivity contribution in [3.05, 3.63) is 117 Å². The number of nitrogens with one attached hydrogen (secondary N) is 2. The Morgan fingerprint density at radius 1 is 0.894 bits per heavy atom. The van der Waals surface area contributed by atoms with E-state index in [1.54, 1.807) is 62.8 Å². The van der Waals surface area contributed by atoms with Gasteiger partial charge in [-0.25, -0.2) is 31.5 Å². The summed E-state index contributed by atoms with van der Waals surface area (Å²) in [5.74, 6) is -0.147. The van der Waals surface area contributed by atoms with Crippen LogP contribution in [-0.2, 0) is 27.1 Å². The van der Waals surface area contributed by atoms with Crippen LogP contribution < -0.4 is 19.9 Å². The Hall–Kier alpha value is -4.99. The Morgan fingerprint density at radius 3 is 2.19 bits per heavy atom. The molecule has 3 aromatic carbocycles. The lowest BCUT2D eigenvalue weighted by molar-refractivity contribution is 0.102. The predicted octanol–water partition coefficient (Wildman–Crippen LogP) is 4.42. The number of sulfonamides is 2. The van der Waals surface area contributed by atoms with Crippen molar-refractivity contribution in [3.8, 4) is 5.69 Å². The maximum atomic E-state index is 13.8. The van der Waals surface area contributed by atoms with Crippen molar-refractivity contribution in [2.45, 2.75) is 30.6 Å². The lowest BCUT2D eigenvalue weighted by Gasteiger charge is -2.19. The highest BCUT2D eigenvalue weighted by Gasteiger charge is 2.31. The second-order valence-electron chi connectivity index (χ2n) is 10.6. The summed E-state index contributed by atoms with van der Waals surface area (Å²) >= 11 is 6.33. The molecule has 13 nitrogen and oxygen atoms in total. The van der Waals surface area contributed by atoms with Crippen LogP contribution in [0.5, 0.6) is 0 Å². The van der Waals surface area contributed by atoms with E-state index in [2.05, 4.69) is 20.0 Å². The molecule has 244 valence electrons. The minimum Gasteiger partial charge on any atom is -0.322 e. The number of aryl methyl sites for hydroxylation is 2. The first-order chi connectivity index (χ1) is 22.1. The van der Waals surface area contributed by atoms with Gasteiger partial charge < -0.3 is 5.32 Å². The van der Waals surface area contributed by atoms with Crippen molar-refractivity contribution < 1.29 is 21.6 Å². The number of aromatic nitrogens is 4. The summed E-state index contributed by atoms with van der Waals surface area (Å²) in [5.41, 5.74) is 1.10. The molecule has 0 saturated heterocycles. The average molecular weight is 696 g/mol. The zero-order valence-electron chi connectivity index (χ0n) is 25.9. The molecule has 0 aliphatic rings. The van der Waals surface area contributed by atoms with Gasteiger partial charge in [-0.05, 0) is 75.4 Å². The topological polar surface area (TPSA) is 165 Å². The number of para-hydroxylation sites is 1. The first-order valence-electron chi connectivity index (χ1n) is 14.0. The smallest absolute Gasteiger partial charge is 0.296 e. The summed E-state index contributed by atoms with van der Waals surface area (Å²) in [6.45, 7) is 4.99. The molecule has 5 aromatic rings. The summed E-state index contributed by atoms with van der Waals surface area (Å²) in [5, 5.41) is 2.47. The van der Waals surface area contributed by atoms with Crippen molar-refractivity contribution in [1.29, 1.82) is 0 Å². The molecule has 0 radical (unpaired) electrons. The van der Waals surface area contributed by atoms with Gasteiger partial charge in [0, 0.05) is 37.1 Å². The Bertz CT molecular complexity index is 2270. The molecule has 0 fully saturated rings. The maximum absolute atomic E-state index is 13.8. The highest BCUT2D eigenvalue weighted by atomic mass is 35.5. The first-order valence-corrected chi connectivity index (χ1v) is 17.3. The molecule has 0 aliphatic heterocycles. The Balaban J connectivity index is 1.38. The number of anilines is 3. The number of carbonyl (C=O) groups excluding carboxylic acids is 1. The van der Waals surface area contributed by atoms with Gasteiger partial charge in [0.25, 0.3) is 31.5 Å². The zero-order valence-corrected chi connectivity index (χ0v) is 28.3. The fourth-order valence-electron chi connectivity index (χ4n) is 4.91. The second-order valence-corrected chi connectivity index (χ2v) is 14.6. The molecular formula is C31H30ClN7O6S2. The highest BCUT2D eigenvalue weighted by molar-refractivity contribution is 7.93. The van der Waals surface area contributed by atoms with Crippen molar-refractivity contribution in [3.63, 3.8) is 0 Å². The molecule has 0 bridgehead atoms. The fraction of sp³-hybridized carbons (Fsp3) is 0.161. The molecule has 1 amide bonds. The van der Waals surface area contributed by atoms with E-state index < -0.39 is 31.5 Å². The summed E-state index contributed by atoms with van der Waals surface area (Å²) in [6, 6.07) is 19.4. The summed E-state index contributed by atoms with van der Waals surface area (Å²) in [6.07, 6.45) is 0.